The van der Waals surface area contributed by atoms with E-state index in [1.54, 1.807) is 6.07 Å². The molecule has 0 atom stereocenters. The van der Waals surface area contributed by atoms with Gasteiger partial charge in [-0.15, -0.1) is 0 Å². The SMILES string of the molecule is Nc1cc([N+](=O)[O-])ccc1NCC1(C2CC2)CC1. The Kier molecular flexibility index (Phi) is 2.43. The van der Waals surface area contributed by atoms with Gasteiger partial charge in [0.2, 0.25) is 0 Å². The minimum atomic E-state index is -0.424. The molecule has 0 heterocycles. The maximum Gasteiger partial charge on any atom is 0.271 e. The van der Waals surface area contributed by atoms with Gasteiger partial charge < -0.3 is 11.1 Å². The van der Waals surface area contributed by atoms with Gasteiger partial charge in [0.25, 0.3) is 5.69 Å². The van der Waals surface area contributed by atoms with E-state index in [0.29, 0.717) is 11.1 Å². The summed E-state index contributed by atoms with van der Waals surface area (Å²) < 4.78 is 0. The Morgan fingerprint density at radius 2 is 2.17 bits per heavy atom. The Labute approximate surface area is 106 Å². The van der Waals surface area contributed by atoms with Crippen molar-refractivity contribution >= 4 is 17.1 Å². The van der Waals surface area contributed by atoms with E-state index in [1.165, 1.54) is 37.8 Å². The number of nitrogen functional groups attached to an aromatic ring is 1. The average molecular weight is 247 g/mol. The van der Waals surface area contributed by atoms with Gasteiger partial charge in [0.05, 0.1) is 16.3 Å². The molecule has 2 fully saturated rings. The zero-order valence-electron chi connectivity index (χ0n) is 10.2. The second kappa shape index (κ2) is 3.86. The Morgan fingerprint density at radius 1 is 1.44 bits per heavy atom. The standard InChI is InChI=1S/C13H17N3O2/c14-11-7-10(16(17)18)3-4-12(11)15-8-13(5-6-13)9-1-2-9/h3-4,7,9,15H,1-2,5-6,8,14H2. The summed E-state index contributed by atoms with van der Waals surface area (Å²) in [7, 11) is 0. The molecular weight excluding hydrogens is 230 g/mol. The molecular formula is C13H17N3O2. The summed E-state index contributed by atoms with van der Waals surface area (Å²) in [5.41, 5.74) is 7.64. The van der Waals surface area contributed by atoms with Crippen molar-refractivity contribution in [1.29, 1.82) is 0 Å². The number of nitrogens with one attached hydrogen (secondary N) is 1. The molecule has 2 saturated carbocycles. The summed E-state index contributed by atoms with van der Waals surface area (Å²) in [6, 6.07) is 4.62. The number of rotatable bonds is 5. The summed E-state index contributed by atoms with van der Waals surface area (Å²) in [6.45, 7) is 0.944. The lowest BCUT2D eigenvalue weighted by molar-refractivity contribution is -0.384. The molecule has 1 aromatic carbocycles. The third-order valence-electron chi connectivity index (χ3n) is 4.21. The predicted molar refractivity (Wildman–Crippen MR) is 70.4 cm³/mol. The monoisotopic (exact) mass is 247 g/mol. The van der Waals surface area contributed by atoms with Crippen LogP contribution in [0.5, 0.6) is 0 Å². The van der Waals surface area contributed by atoms with Crippen molar-refractivity contribution in [2.75, 3.05) is 17.6 Å². The number of anilines is 2. The van der Waals surface area contributed by atoms with Gasteiger partial charge in [0.15, 0.2) is 0 Å². The first-order valence-corrected chi connectivity index (χ1v) is 6.38. The highest BCUT2D eigenvalue weighted by Crippen LogP contribution is 2.61. The minimum absolute atomic E-state index is 0.0429. The molecule has 3 rings (SSSR count). The smallest absolute Gasteiger partial charge is 0.271 e. The van der Waals surface area contributed by atoms with E-state index in [2.05, 4.69) is 5.32 Å². The van der Waals surface area contributed by atoms with Crippen molar-refractivity contribution in [3.63, 3.8) is 0 Å². The summed E-state index contributed by atoms with van der Waals surface area (Å²) >= 11 is 0. The quantitative estimate of drug-likeness (QED) is 0.476. The topological polar surface area (TPSA) is 81.2 Å². The van der Waals surface area contributed by atoms with Crippen molar-refractivity contribution in [2.45, 2.75) is 25.7 Å². The van der Waals surface area contributed by atoms with Crippen LogP contribution in [0.3, 0.4) is 0 Å². The van der Waals surface area contributed by atoms with Crippen LogP contribution in [0, 0.1) is 21.4 Å². The molecule has 0 unspecified atom stereocenters. The molecule has 0 saturated heterocycles. The lowest BCUT2D eigenvalue weighted by Gasteiger charge is -2.17. The summed E-state index contributed by atoms with van der Waals surface area (Å²) in [5.74, 6) is 0.893. The number of non-ortho nitro benzene ring substituents is 1. The average Bonchev–Trinajstić information content (AvgIpc) is 3.19. The van der Waals surface area contributed by atoms with Crippen LogP contribution in [0.25, 0.3) is 0 Å². The maximum absolute atomic E-state index is 10.6. The Bertz CT molecular complexity index is 493. The van der Waals surface area contributed by atoms with Crippen molar-refractivity contribution in [2.24, 2.45) is 11.3 Å². The van der Waals surface area contributed by atoms with Crippen LogP contribution < -0.4 is 11.1 Å². The highest BCUT2D eigenvalue weighted by molar-refractivity contribution is 5.69. The van der Waals surface area contributed by atoms with Crippen molar-refractivity contribution in [3.8, 4) is 0 Å². The second-order valence-electron chi connectivity index (χ2n) is 5.52. The van der Waals surface area contributed by atoms with Gasteiger partial charge in [-0.2, -0.15) is 0 Å². The van der Waals surface area contributed by atoms with E-state index in [1.807, 2.05) is 0 Å². The molecule has 0 bridgehead atoms. The molecule has 96 valence electrons. The molecule has 2 aliphatic carbocycles. The molecule has 3 N–H and O–H groups in total. The molecule has 0 amide bonds. The fourth-order valence-electron chi connectivity index (χ4n) is 2.68. The first-order chi connectivity index (χ1) is 8.61. The lowest BCUT2D eigenvalue weighted by Crippen LogP contribution is -2.18. The number of hydrogen-bond acceptors (Lipinski definition) is 4. The number of nitrogens with two attached hydrogens (primary N) is 1. The van der Waals surface area contributed by atoms with Crippen molar-refractivity contribution < 1.29 is 4.92 Å². The van der Waals surface area contributed by atoms with E-state index in [-0.39, 0.29) is 5.69 Å². The zero-order chi connectivity index (χ0) is 12.8. The van der Waals surface area contributed by atoms with E-state index < -0.39 is 4.92 Å². The summed E-state index contributed by atoms with van der Waals surface area (Å²) in [5, 5.41) is 14.0. The van der Waals surface area contributed by atoms with Crippen LogP contribution in [0.1, 0.15) is 25.7 Å². The molecule has 0 radical (unpaired) electrons. The molecule has 18 heavy (non-hydrogen) atoms. The highest BCUT2D eigenvalue weighted by Gasteiger charge is 2.53. The normalized spacial score (nSPS) is 20.4. The highest BCUT2D eigenvalue weighted by atomic mass is 16.6. The maximum atomic E-state index is 10.6. The van der Waals surface area contributed by atoms with Gasteiger partial charge in [-0.3, -0.25) is 10.1 Å². The van der Waals surface area contributed by atoms with Gasteiger partial charge in [0, 0.05) is 18.7 Å². The zero-order valence-corrected chi connectivity index (χ0v) is 10.2. The van der Waals surface area contributed by atoms with Crippen LogP contribution >= 0.6 is 0 Å². The molecule has 5 heteroatoms. The summed E-state index contributed by atoms with van der Waals surface area (Å²) in [6.07, 6.45) is 5.32. The van der Waals surface area contributed by atoms with Gasteiger partial charge in [-0.05, 0) is 43.1 Å². The second-order valence-corrected chi connectivity index (χ2v) is 5.52. The third-order valence-corrected chi connectivity index (χ3v) is 4.21. The van der Waals surface area contributed by atoms with Crippen LogP contribution in [0.4, 0.5) is 17.1 Å². The number of nitro groups is 1. The Balaban J connectivity index is 1.67. The van der Waals surface area contributed by atoms with Crippen LogP contribution in [0.15, 0.2) is 18.2 Å². The Hall–Kier alpha value is -1.78. The number of nitro benzene ring substituents is 1. The molecule has 0 spiro atoms. The van der Waals surface area contributed by atoms with E-state index >= 15 is 0 Å². The fourth-order valence-corrected chi connectivity index (χ4v) is 2.68. The first kappa shape index (κ1) is 11.3. The third kappa shape index (κ3) is 2.00. The van der Waals surface area contributed by atoms with Crippen LogP contribution in [-0.4, -0.2) is 11.5 Å². The fraction of sp³-hybridized carbons (Fsp3) is 0.538. The molecule has 0 aliphatic heterocycles. The molecule has 2 aliphatic rings. The van der Waals surface area contributed by atoms with Gasteiger partial charge >= 0.3 is 0 Å². The van der Waals surface area contributed by atoms with E-state index in [4.69, 9.17) is 5.73 Å². The number of benzene rings is 1. The Morgan fingerprint density at radius 3 is 2.67 bits per heavy atom. The number of nitrogens with zero attached hydrogens (tertiary/aromatic N) is 1. The van der Waals surface area contributed by atoms with Crippen LogP contribution in [0.2, 0.25) is 0 Å². The van der Waals surface area contributed by atoms with E-state index in [9.17, 15) is 10.1 Å². The van der Waals surface area contributed by atoms with Gasteiger partial charge in [-0.25, -0.2) is 0 Å². The minimum Gasteiger partial charge on any atom is -0.397 e. The predicted octanol–water partition coefficient (Wildman–Crippen LogP) is 2.78. The van der Waals surface area contributed by atoms with Gasteiger partial charge in [-0.1, -0.05) is 0 Å². The first-order valence-electron chi connectivity index (χ1n) is 6.38. The van der Waals surface area contributed by atoms with Crippen molar-refractivity contribution in [3.05, 3.63) is 28.3 Å². The van der Waals surface area contributed by atoms with Crippen molar-refractivity contribution in [1.82, 2.24) is 0 Å². The summed E-state index contributed by atoms with van der Waals surface area (Å²) in [4.78, 5) is 10.2. The lowest BCUT2D eigenvalue weighted by atomic mass is 10.0. The van der Waals surface area contributed by atoms with Gasteiger partial charge in [0.1, 0.15) is 0 Å². The molecule has 5 nitrogen and oxygen atoms in total. The van der Waals surface area contributed by atoms with E-state index in [0.717, 1.165) is 18.2 Å². The molecule has 1 aromatic rings. The largest absolute Gasteiger partial charge is 0.397 e. The van der Waals surface area contributed by atoms with Crippen LogP contribution in [-0.2, 0) is 0 Å². The molecule has 0 aromatic heterocycles. The number of hydrogen-bond donors (Lipinski definition) is 2.